The minimum absolute atomic E-state index is 0.205. The molecule has 2 heteroatoms. The van der Waals surface area contributed by atoms with E-state index in [0.717, 1.165) is 40.0 Å². The van der Waals surface area contributed by atoms with Crippen LogP contribution in [0.5, 0.6) is 0 Å². The summed E-state index contributed by atoms with van der Waals surface area (Å²) in [5, 5.41) is 2.33. The van der Waals surface area contributed by atoms with Crippen LogP contribution in [0.4, 0.5) is 11.4 Å². The van der Waals surface area contributed by atoms with Crippen LogP contribution < -0.4 is 4.90 Å². The number of hydrogen-bond acceptors (Lipinski definition) is 2. The molecule has 8 aromatic rings. The number of allylic oxidation sites excluding steroid dienone is 3. The van der Waals surface area contributed by atoms with Crippen LogP contribution in [0.3, 0.4) is 0 Å². The Morgan fingerprint density at radius 2 is 1.02 bits per heavy atom. The molecule has 51 heavy (non-hydrogen) atoms. The zero-order valence-corrected chi connectivity index (χ0v) is 28.5. The Kier molecular flexibility index (Phi) is 7.71. The monoisotopic (exact) mass is 655 g/mol. The molecule has 1 atom stereocenters. The third-order valence-corrected chi connectivity index (χ3v) is 10.3. The molecule has 0 saturated heterocycles. The van der Waals surface area contributed by atoms with Gasteiger partial charge in [-0.05, 0) is 94.4 Å². The van der Waals surface area contributed by atoms with Gasteiger partial charge in [0.25, 0.3) is 0 Å². The number of hydrogen-bond donors (Lipinski definition) is 0. The fourth-order valence-electron chi connectivity index (χ4n) is 7.50. The highest BCUT2D eigenvalue weighted by Gasteiger charge is 2.30. The summed E-state index contributed by atoms with van der Waals surface area (Å²) in [6.45, 7) is 2.31. The summed E-state index contributed by atoms with van der Waals surface area (Å²) in [4.78, 5) is 2.36. The lowest BCUT2D eigenvalue weighted by Gasteiger charge is -2.33. The van der Waals surface area contributed by atoms with Crippen LogP contribution in [-0.2, 0) is 5.41 Å². The smallest absolute Gasteiger partial charge is 0.139 e. The number of benzene rings is 7. The summed E-state index contributed by atoms with van der Waals surface area (Å²) in [6.07, 6.45) is 7.86. The van der Waals surface area contributed by atoms with Gasteiger partial charge in [0.05, 0.1) is 0 Å². The van der Waals surface area contributed by atoms with Crippen molar-refractivity contribution < 1.29 is 4.42 Å². The molecule has 7 aromatic carbocycles. The molecule has 9 rings (SSSR count). The van der Waals surface area contributed by atoms with Crippen molar-refractivity contribution in [2.45, 2.75) is 18.8 Å². The highest BCUT2D eigenvalue weighted by Crippen LogP contribution is 2.43. The van der Waals surface area contributed by atoms with Gasteiger partial charge in [-0.25, -0.2) is 0 Å². The standard InChI is InChI=1S/C49H37NO/c1-49(46-22-13-21-45-44-20-11-12-23-47(44)51-48(45)46)30-28-43(29-31-49)50(41-18-9-4-10-19-41)42-26-24-37(25-27-42)40-33-38(35-14-5-2-6-15-35)32-39(34-40)36-16-7-3-8-17-36/h2-30,32-34H,31H2,1H3. The van der Waals surface area contributed by atoms with Gasteiger partial charge >= 0.3 is 0 Å². The second-order valence-corrected chi connectivity index (χ2v) is 13.6. The number of fused-ring (bicyclic) bond motifs is 3. The van der Waals surface area contributed by atoms with E-state index in [1.165, 1.54) is 44.3 Å². The maximum Gasteiger partial charge on any atom is 0.139 e. The van der Waals surface area contributed by atoms with Crippen LogP contribution >= 0.6 is 0 Å². The molecule has 2 nitrogen and oxygen atoms in total. The van der Waals surface area contributed by atoms with Gasteiger partial charge in [-0.15, -0.1) is 0 Å². The molecule has 1 aliphatic carbocycles. The zero-order valence-electron chi connectivity index (χ0n) is 28.5. The summed E-state index contributed by atoms with van der Waals surface area (Å²) < 4.78 is 6.46. The van der Waals surface area contributed by atoms with Crippen molar-refractivity contribution in [1.82, 2.24) is 0 Å². The van der Waals surface area contributed by atoms with E-state index < -0.39 is 0 Å². The molecule has 1 unspecified atom stereocenters. The normalized spacial score (nSPS) is 15.6. The first-order chi connectivity index (χ1) is 25.1. The maximum atomic E-state index is 6.46. The Balaban J connectivity index is 1.07. The summed E-state index contributed by atoms with van der Waals surface area (Å²) in [5.74, 6) is 0. The molecule has 0 saturated carbocycles. The first kappa shape index (κ1) is 30.7. The van der Waals surface area contributed by atoms with Crippen molar-refractivity contribution in [2.75, 3.05) is 4.90 Å². The average molecular weight is 656 g/mol. The number of para-hydroxylation sites is 3. The molecule has 0 amide bonds. The molecule has 0 bridgehead atoms. The summed E-state index contributed by atoms with van der Waals surface area (Å²) in [6, 6.07) is 62.7. The molecule has 0 fully saturated rings. The van der Waals surface area contributed by atoms with E-state index in [-0.39, 0.29) is 5.41 Å². The van der Waals surface area contributed by atoms with Gasteiger partial charge in [0.2, 0.25) is 0 Å². The minimum atomic E-state index is -0.205. The van der Waals surface area contributed by atoms with Gasteiger partial charge in [-0.1, -0.05) is 146 Å². The lowest BCUT2D eigenvalue weighted by atomic mass is 9.76. The van der Waals surface area contributed by atoms with Crippen LogP contribution in [0.1, 0.15) is 18.9 Å². The Hall–Kier alpha value is -6.38. The molecule has 0 N–H and O–H groups in total. The summed E-state index contributed by atoms with van der Waals surface area (Å²) in [5.41, 5.74) is 13.5. The third kappa shape index (κ3) is 5.75. The van der Waals surface area contributed by atoms with E-state index in [0.29, 0.717) is 0 Å². The number of rotatable bonds is 7. The van der Waals surface area contributed by atoms with Crippen molar-refractivity contribution >= 4 is 33.3 Å². The predicted octanol–water partition coefficient (Wildman–Crippen LogP) is 13.5. The lowest BCUT2D eigenvalue weighted by molar-refractivity contribution is 0.577. The predicted molar refractivity (Wildman–Crippen MR) is 214 cm³/mol. The topological polar surface area (TPSA) is 16.4 Å². The van der Waals surface area contributed by atoms with Crippen LogP contribution in [0.15, 0.2) is 204 Å². The average Bonchev–Trinajstić information content (AvgIpc) is 3.59. The second-order valence-electron chi connectivity index (χ2n) is 13.6. The summed E-state index contributed by atoms with van der Waals surface area (Å²) >= 11 is 0. The Labute approximate surface area is 299 Å². The SMILES string of the molecule is CC1(c2cccc3c2oc2ccccc23)C=CC(N(c2ccccc2)c2ccc(-c3cc(-c4ccccc4)cc(-c4ccccc4)c3)cc2)=CC1. The summed E-state index contributed by atoms with van der Waals surface area (Å²) in [7, 11) is 0. The Morgan fingerprint density at radius 1 is 0.490 bits per heavy atom. The number of anilines is 2. The highest BCUT2D eigenvalue weighted by molar-refractivity contribution is 6.06. The quantitative estimate of drug-likeness (QED) is 0.170. The largest absolute Gasteiger partial charge is 0.456 e. The molecule has 0 aliphatic heterocycles. The van der Waals surface area contributed by atoms with Crippen molar-refractivity contribution in [3.8, 4) is 33.4 Å². The number of furan rings is 1. The molecule has 0 radical (unpaired) electrons. The van der Waals surface area contributed by atoms with Crippen molar-refractivity contribution in [2.24, 2.45) is 0 Å². The highest BCUT2D eigenvalue weighted by atomic mass is 16.3. The molecule has 1 heterocycles. The fraction of sp³-hybridized carbons (Fsp3) is 0.0612. The van der Waals surface area contributed by atoms with Crippen molar-refractivity contribution in [3.63, 3.8) is 0 Å². The first-order valence-corrected chi connectivity index (χ1v) is 17.6. The zero-order chi connectivity index (χ0) is 34.2. The Bertz CT molecular complexity index is 2490. The molecule has 1 aromatic heterocycles. The van der Waals surface area contributed by atoms with Crippen LogP contribution in [-0.4, -0.2) is 0 Å². The van der Waals surface area contributed by atoms with Gasteiger partial charge in [-0.3, -0.25) is 0 Å². The number of nitrogens with zero attached hydrogens (tertiary/aromatic N) is 1. The van der Waals surface area contributed by atoms with Crippen LogP contribution in [0.25, 0.3) is 55.3 Å². The van der Waals surface area contributed by atoms with E-state index in [1.54, 1.807) is 0 Å². The molecule has 244 valence electrons. The van der Waals surface area contributed by atoms with Gasteiger partial charge in [0.1, 0.15) is 11.2 Å². The van der Waals surface area contributed by atoms with Gasteiger partial charge in [0, 0.05) is 38.8 Å². The van der Waals surface area contributed by atoms with Gasteiger partial charge in [0.15, 0.2) is 0 Å². The maximum absolute atomic E-state index is 6.46. The molecule has 0 spiro atoms. The van der Waals surface area contributed by atoms with Gasteiger partial charge in [-0.2, -0.15) is 0 Å². The Morgan fingerprint density at radius 3 is 1.63 bits per heavy atom. The van der Waals surface area contributed by atoms with E-state index >= 15 is 0 Å². The lowest BCUT2D eigenvalue weighted by Crippen LogP contribution is -2.24. The van der Waals surface area contributed by atoms with E-state index in [1.807, 2.05) is 6.07 Å². The third-order valence-electron chi connectivity index (χ3n) is 10.3. The van der Waals surface area contributed by atoms with Crippen LogP contribution in [0.2, 0.25) is 0 Å². The molecular weight excluding hydrogens is 619 g/mol. The van der Waals surface area contributed by atoms with Crippen LogP contribution in [0, 0.1) is 0 Å². The van der Waals surface area contributed by atoms with E-state index in [4.69, 9.17) is 4.42 Å². The van der Waals surface area contributed by atoms with E-state index in [2.05, 4.69) is 200 Å². The van der Waals surface area contributed by atoms with Crippen molar-refractivity contribution in [3.05, 3.63) is 205 Å². The van der Waals surface area contributed by atoms with Crippen molar-refractivity contribution in [1.29, 1.82) is 0 Å². The minimum Gasteiger partial charge on any atom is -0.456 e. The van der Waals surface area contributed by atoms with Gasteiger partial charge < -0.3 is 9.32 Å². The molecule has 1 aliphatic rings. The fourth-order valence-corrected chi connectivity index (χ4v) is 7.50. The first-order valence-electron chi connectivity index (χ1n) is 17.6. The van der Waals surface area contributed by atoms with E-state index in [9.17, 15) is 0 Å². The molecular formula is C49H37NO. The second kappa shape index (κ2) is 12.8.